The summed E-state index contributed by atoms with van der Waals surface area (Å²) in [7, 11) is 4.00. The third-order valence-electron chi connectivity index (χ3n) is 6.23. The summed E-state index contributed by atoms with van der Waals surface area (Å²) >= 11 is 0. The number of carbonyl (C=O) groups is 2. The van der Waals surface area contributed by atoms with E-state index in [4.69, 9.17) is 0 Å². The van der Waals surface area contributed by atoms with Crippen LogP contribution in [0, 0.1) is 18.8 Å². The number of carbonyl (C=O) groups excluding carboxylic acids is 2. The minimum atomic E-state index is -0.103. The summed E-state index contributed by atoms with van der Waals surface area (Å²) in [6.45, 7) is 4.12. The Balaban J connectivity index is 1.73. The summed E-state index contributed by atoms with van der Waals surface area (Å²) in [5.74, 6) is 0.389. The summed E-state index contributed by atoms with van der Waals surface area (Å²) < 4.78 is 0. The van der Waals surface area contributed by atoms with Crippen LogP contribution in [0.2, 0.25) is 0 Å². The Morgan fingerprint density at radius 2 is 1.86 bits per heavy atom. The largest absolute Gasteiger partial charge is 0.355 e. The lowest BCUT2D eigenvalue weighted by Crippen LogP contribution is -2.49. The van der Waals surface area contributed by atoms with E-state index in [0.29, 0.717) is 13.1 Å². The van der Waals surface area contributed by atoms with Crippen LogP contribution in [0.5, 0.6) is 0 Å². The van der Waals surface area contributed by atoms with E-state index in [-0.39, 0.29) is 29.7 Å². The molecule has 3 rings (SSSR count). The SMILES string of the molecule is Cc1cccc([C@@H]2CC[C@@H](C(=O)NCCN(C)C)CN2C(=O)C2CCCC2)c1. The molecule has 1 heterocycles. The highest BCUT2D eigenvalue weighted by molar-refractivity contribution is 5.83. The molecule has 0 radical (unpaired) electrons. The zero-order chi connectivity index (χ0) is 20.1. The normalized spacial score (nSPS) is 23.2. The van der Waals surface area contributed by atoms with Crippen molar-refractivity contribution < 1.29 is 9.59 Å². The fourth-order valence-electron chi connectivity index (χ4n) is 4.61. The minimum Gasteiger partial charge on any atom is -0.355 e. The minimum absolute atomic E-state index is 0.0914. The first kappa shape index (κ1) is 20.8. The van der Waals surface area contributed by atoms with Gasteiger partial charge in [0.25, 0.3) is 0 Å². The van der Waals surface area contributed by atoms with E-state index >= 15 is 0 Å². The zero-order valence-corrected chi connectivity index (χ0v) is 17.6. The van der Waals surface area contributed by atoms with Gasteiger partial charge in [-0.3, -0.25) is 9.59 Å². The van der Waals surface area contributed by atoms with Crippen molar-refractivity contribution in [2.24, 2.45) is 11.8 Å². The smallest absolute Gasteiger partial charge is 0.226 e. The Morgan fingerprint density at radius 3 is 2.54 bits per heavy atom. The molecule has 1 aromatic carbocycles. The molecular weight excluding hydrogens is 350 g/mol. The van der Waals surface area contributed by atoms with Crippen LogP contribution in [0.1, 0.15) is 55.7 Å². The molecule has 1 saturated carbocycles. The summed E-state index contributed by atoms with van der Waals surface area (Å²) in [5, 5.41) is 3.06. The predicted molar refractivity (Wildman–Crippen MR) is 112 cm³/mol. The van der Waals surface area contributed by atoms with E-state index in [9.17, 15) is 9.59 Å². The number of amides is 2. The van der Waals surface area contributed by atoms with Crippen molar-refractivity contribution in [3.05, 3.63) is 35.4 Å². The van der Waals surface area contributed by atoms with Gasteiger partial charge < -0.3 is 15.1 Å². The maximum atomic E-state index is 13.3. The predicted octanol–water partition coefficient (Wildman–Crippen LogP) is 3.14. The third-order valence-corrected chi connectivity index (χ3v) is 6.23. The highest BCUT2D eigenvalue weighted by Gasteiger charge is 2.38. The first-order chi connectivity index (χ1) is 13.5. The van der Waals surface area contributed by atoms with Gasteiger partial charge in [-0.25, -0.2) is 0 Å². The van der Waals surface area contributed by atoms with Gasteiger partial charge in [0, 0.05) is 25.6 Å². The van der Waals surface area contributed by atoms with Crippen molar-refractivity contribution in [1.29, 1.82) is 0 Å². The van der Waals surface area contributed by atoms with Crippen LogP contribution in [0.4, 0.5) is 0 Å². The molecule has 2 amide bonds. The highest BCUT2D eigenvalue weighted by Crippen LogP contribution is 2.37. The van der Waals surface area contributed by atoms with E-state index in [2.05, 4.69) is 41.4 Å². The van der Waals surface area contributed by atoms with Gasteiger partial charge in [-0.15, -0.1) is 0 Å². The Morgan fingerprint density at radius 1 is 1.11 bits per heavy atom. The molecule has 1 N–H and O–H groups in total. The van der Waals surface area contributed by atoms with Gasteiger partial charge >= 0.3 is 0 Å². The van der Waals surface area contributed by atoms with Gasteiger partial charge in [0.1, 0.15) is 0 Å². The van der Waals surface area contributed by atoms with Gasteiger partial charge in [0.2, 0.25) is 11.8 Å². The van der Waals surface area contributed by atoms with E-state index < -0.39 is 0 Å². The molecule has 5 nitrogen and oxygen atoms in total. The molecule has 2 aliphatic rings. The fourth-order valence-corrected chi connectivity index (χ4v) is 4.61. The van der Waals surface area contributed by atoms with Crippen LogP contribution < -0.4 is 5.32 Å². The van der Waals surface area contributed by atoms with Crippen molar-refractivity contribution in [3.63, 3.8) is 0 Å². The molecule has 28 heavy (non-hydrogen) atoms. The molecule has 154 valence electrons. The third kappa shape index (κ3) is 5.13. The molecule has 2 atom stereocenters. The molecule has 0 unspecified atom stereocenters. The number of benzene rings is 1. The molecule has 0 aromatic heterocycles. The molecule has 1 aromatic rings. The Kier molecular flexibility index (Phi) is 7.11. The van der Waals surface area contributed by atoms with Gasteiger partial charge in [0.05, 0.1) is 12.0 Å². The van der Waals surface area contributed by atoms with Gasteiger partial charge in [-0.1, -0.05) is 42.7 Å². The number of hydrogen-bond acceptors (Lipinski definition) is 3. The van der Waals surface area contributed by atoms with Crippen LogP contribution in [0.25, 0.3) is 0 Å². The number of likely N-dealkylation sites (N-methyl/N-ethyl adjacent to an activating group) is 1. The van der Waals surface area contributed by atoms with Crippen molar-refractivity contribution >= 4 is 11.8 Å². The monoisotopic (exact) mass is 385 g/mol. The average Bonchev–Trinajstić information content (AvgIpc) is 3.21. The first-order valence-electron chi connectivity index (χ1n) is 10.7. The van der Waals surface area contributed by atoms with Crippen molar-refractivity contribution in [1.82, 2.24) is 15.1 Å². The van der Waals surface area contributed by atoms with Crippen molar-refractivity contribution in [3.8, 4) is 0 Å². The van der Waals surface area contributed by atoms with E-state index in [1.165, 1.54) is 11.1 Å². The molecule has 0 bridgehead atoms. The molecule has 0 spiro atoms. The number of aryl methyl sites for hydroxylation is 1. The second kappa shape index (κ2) is 9.55. The summed E-state index contributed by atoms with van der Waals surface area (Å²) in [4.78, 5) is 30.1. The second-order valence-corrected chi connectivity index (χ2v) is 8.77. The number of piperidine rings is 1. The lowest BCUT2D eigenvalue weighted by molar-refractivity contribution is -0.142. The van der Waals surface area contributed by atoms with Crippen LogP contribution >= 0.6 is 0 Å². The lowest BCUT2D eigenvalue weighted by atomic mass is 9.86. The molecule has 5 heteroatoms. The Hall–Kier alpha value is -1.88. The number of rotatable bonds is 6. The number of hydrogen-bond donors (Lipinski definition) is 1. The van der Waals surface area contributed by atoms with E-state index in [1.807, 2.05) is 19.0 Å². The Bertz CT molecular complexity index is 682. The van der Waals surface area contributed by atoms with Crippen molar-refractivity contribution in [2.45, 2.75) is 51.5 Å². The topological polar surface area (TPSA) is 52.7 Å². The molecule has 2 fully saturated rings. The number of likely N-dealkylation sites (tertiary alicyclic amines) is 1. The van der Waals surface area contributed by atoms with Gasteiger partial charge in [-0.2, -0.15) is 0 Å². The highest BCUT2D eigenvalue weighted by atomic mass is 16.2. The summed E-state index contributed by atoms with van der Waals surface area (Å²) in [5.41, 5.74) is 2.42. The van der Waals surface area contributed by atoms with E-state index in [1.54, 1.807) is 0 Å². The first-order valence-corrected chi connectivity index (χ1v) is 10.7. The van der Waals surface area contributed by atoms with Gasteiger partial charge in [-0.05, 0) is 52.3 Å². The number of nitrogens with zero attached hydrogens (tertiary/aromatic N) is 2. The molecule has 1 saturated heterocycles. The zero-order valence-electron chi connectivity index (χ0n) is 17.6. The quantitative estimate of drug-likeness (QED) is 0.818. The molecule has 1 aliphatic heterocycles. The standard InChI is InChI=1S/C23H35N3O2/c1-17-7-6-10-19(15-17)21-12-11-20(22(27)24-13-14-25(2)3)16-26(21)23(28)18-8-4-5-9-18/h6-7,10,15,18,20-21H,4-5,8-9,11-14,16H2,1-3H3,(H,24,27)/t20-,21+/m1/s1. The van der Waals surface area contributed by atoms with Crippen LogP contribution in [0.3, 0.4) is 0 Å². The molecular formula is C23H35N3O2. The Labute approximate surface area is 169 Å². The maximum absolute atomic E-state index is 13.3. The van der Waals surface area contributed by atoms with Crippen LogP contribution in [0.15, 0.2) is 24.3 Å². The average molecular weight is 386 g/mol. The van der Waals surface area contributed by atoms with Crippen LogP contribution in [-0.2, 0) is 9.59 Å². The summed E-state index contributed by atoms with van der Waals surface area (Å²) in [6, 6.07) is 8.58. The fraction of sp³-hybridized carbons (Fsp3) is 0.652. The van der Waals surface area contributed by atoms with E-state index in [0.717, 1.165) is 45.1 Å². The van der Waals surface area contributed by atoms with Crippen LogP contribution in [-0.4, -0.2) is 55.3 Å². The number of nitrogens with one attached hydrogen (secondary N) is 1. The second-order valence-electron chi connectivity index (χ2n) is 8.77. The van der Waals surface area contributed by atoms with Crippen molar-refractivity contribution in [2.75, 3.05) is 33.7 Å². The lowest BCUT2D eigenvalue weighted by Gasteiger charge is -2.41. The molecule has 1 aliphatic carbocycles. The summed E-state index contributed by atoms with van der Waals surface area (Å²) in [6.07, 6.45) is 5.97. The maximum Gasteiger partial charge on any atom is 0.226 e. The van der Waals surface area contributed by atoms with Gasteiger partial charge in [0.15, 0.2) is 0 Å².